The van der Waals surface area contributed by atoms with E-state index in [9.17, 15) is 18.3 Å². The molecule has 2 heterocycles. The molecule has 1 aromatic carbocycles. The third-order valence-corrected chi connectivity index (χ3v) is 6.88. The standard InChI is InChI=1S/C20H23F3N2OS/c21-20(22,23)15-6-4-14(5-7-15)18-24-16(12-27-18)11-25-10-2-9-19(13-25)8-1-3-17(19)26/h4-7,12,17,26H,1-3,8-11,13H2/t17-,19+/m1/s1. The van der Waals surface area contributed by atoms with Crippen molar-refractivity contribution in [3.05, 3.63) is 40.9 Å². The molecule has 7 heteroatoms. The summed E-state index contributed by atoms with van der Waals surface area (Å²) in [4.78, 5) is 7.00. The lowest BCUT2D eigenvalue weighted by molar-refractivity contribution is -0.137. The SMILES string of the molecule is O[C@@H]1CCC[C@@]12CCCN(Cc1csc(-c3ccc(C(F)(F)F)cc3)n1)C2. The second kappa shape index (κ2) is 7.18. The van der Waals surface area contributed by atoms with E-state index in [4.69, 9.17) is 0 Å². The van der Waals surface area contributed by atoms with Gasteiger partial charge in [-0.05, 0) is 44.4 Å². The largest absolute Gasteiger partial charge is 0.416 e. The minimum Gasteiger partial charge on any atom is -0.393 e. The minimum atomic E-state index is -4.32. The predicted octanol–water partition coefficient (Wildman–Crippen LogP) is 4.96. The Morgan fingerprint density at radius 3 is 2.59 bits per heavy atom. The first-order valence-corrected chi connectivity index (χ1v) is 10.3. The van der Waals surface area contributed by atoms with Crippen molar-refractivity contribution in [3.8, 4) is 10.6 Å². The summed E-state index contributed by atoms with van der Waals surface area (Å²) in [5.74, 6) is 0. The van der Waals surface area contributed by atoms with E-state index in [2.05, 4.69) is 9.88 Å². The Morgan fingerprint density at radius 1 is 1.19 bits per heavy atom. The number of aliphatic hydroxyl groups excluding tert-OH is 1. The molecule has 1 N–H and O–H groups in total. The Kier molecular flexibility index (Phi) is 5.03. The highest BCUT2D eigenvalue weighted by Crippen LogP contribution is 2.45. The summed E-state index contributed by atoms with van der Waals surface area (Å²) in [5.41, 5.74) is 1.06. The van der Waals surface area contributed by atoms with Crippen LogP contribution >= 0.6 is 11.3 Å². The first-order chi connectivity index (χ1) is 12.9. The summed E-state index contributed by atoms with van der Waals surface area (Å²) in [7, 11) is 0. The van der Waals surface area contributed by atoms with Crippen LogP contribution in [0.4, 0.5) is 13.2 Å². The van der Waals surface area contributed by atoms with Gasteiger partial charge in [0.15, 0.2) is 0 Å². The Hall–Kier alpha value is -1.44. The Labute approximate surface area is 160 Å². The van der Waals surface area contributed by atoms with E-state index in [1.807, 2.05) is 5.38 Å². The van der Waals surface area contributed by atoms with Crippen LogP contribution in [0.2, 0.25) is 0 Å². The van der Waals surface area contributed by atoms with Crippen molar-refractivity contribution < 1.29 is 18.3 Å². The van der Waals surface area contributed by atoms with E-state index < -0.39 is 11.7 Å². The van der Waals surface area contributed by atoms with Gasteiger partial charge in [0.25, 0.3) is 0 Å². The van der Waals surface area contributed by atoms with Crippen LogP contribution in [-0.4, -0.2) is 34.2 Å². The second-order valence-electron chi connectivity index (χ2n) is 7.80. The molecule has 1 saturated carbocycles. The fourth-order valence-electron chi connectivity index (χ4n) is 4.53. The topological polar surface area (TPSA) is 36.4 Å². The van der Waals surface area contributed by atoms with Crippen LogP contribution < -0.4 is 0 Å². The molecular weight excluding hydrogens is 373 g/mol. The van der Waals surface area contributed by atoms with Gasteiger partial charge in [-0.15, -0.1) is 11.3 Å². The fourth-order valence-corrected chi connectivity index (χ4v) is 5.35. The molecule has 1 aromatic heterocycles. The van der Waals surface area contributed by atoms with E-state index in [1.54, 1.807) is 0 Å². The number of halogens is 3. The van der Waals surface area contributed by atoms with Crippen molar-refractivity contribution in [2.24, 2.45) is 5.41 Å². The van der Waals surface area contributed by atoms with Crippen molar-refractivity contribution in [2.75, 3.05) is 13.1 Å². The lowest BCUT2D eigenvalue weighted by atomic mass is 9.76. The average Bonchev–Trinajstić information content (AvgIpc) is 3.22. The number of aliphatic hydroxyl groups is 1. The molecule has 0 bridgehead atoms. The number of hydrogen-bond acceptors (Lipinski definition) is 4. The summed E-state index contributed by atoms with van der Waals surface area (Å²) < 4.78 is 38.1. The molecule has 0 radical (unpaired) electrons. The summed E-state index contributed by atoms with van der Waals surface area (Å²) in [6.45, 7) is 2.63. The summed E-state index contributed by atoms with van der Waals surface area (Å²) >= 11 is 1.46. The lowest BCUT2D eigenvalue weighted by Crippen LogP contribution is -2.46. The third kappa shape index (κ3) is 3.91. The molecule has 2 aliphatic rings. The predicted molar refractivity (Wildman–Crippen MR) is 99.4 cm³/mol. The van der Waals surface area contributed by atoms with Crippen molar-refractivity contribution in [2.45, 2.75) is 50.9 Å². The molecule has 0 amide bonds. The molecule has 146 valence electrons. The zero-order valence-corrected chi connectivity index (χ0v) is 15.8. The molecule has 1 spiro atoms. The Morgan fingerprint density at radius 2 is 1.93 bits per heavy atom. The normalized spacial score (nSPS) is 26.7. The molecule has 1 aliphatic carbocycles. The van der Waals surface area contributed by atoms with Crippen molar-refractivity contribution in [1.82, 2.24) is 9.88 Å². The number of benzene rings is 1. The fraction of sp³-hybridized carbons (Fsp3) is 0.550. The maximum absolute atomic E-state index is 12.7. The number of alkyl halides is 3. The number of aromatic nitrogens is 1. The van der Waals surface area contributed by atoms with Gasteiger partial charge >= 0.3 is 6.18 Å². The lowest BCUT2D eigenvalue weighted by Gasteiger charge is -2.42. The van der Waals surface area contributed by atoms with Gasteiger partial charge in [-0.1, -0.05) is 18.6 Å². The summed E-state index contributed by atoms with van der Waals surface area (Å²) in [6.07, 6.45) is 0.774. The quantitative estimate of drug-likeness (QED) is 0.797. The van der Waals surface area contributed by atoms with E-state index in [0.717, 1.165) is 74.6 Å². The van der Waals surface area contributed by atoms with Crippen molar-refractivity contribution in [3.63, 3.8) is 0 Å². The van der Waals surface area contributed by atoms with Crippen LogP contribution in [0.1, 0.15) is 43.4 Å². The third-order valence-electron chi connectivity index (χ3n) is 5.94. The number of piperidine rings is 1. The molecular formula is C20H23F3N2OS. The summed E-state index contributed by atoms with van der Waals surface area (Å²) in [6, 6.07) is 5.17. The molecule has 2 aromatic rings. The molecule has 3 nitrogen and oxygen atoms in total. The molecule has 27 heavy (non-hydrogen) atoms. The number of thiazole rings is 1. The molecule has 1 saturated heterocycles. The van der Waals surface area contributed by atoms with Crippen LogP contribution in [0.3, 0.4) is 0 Å². The first kappa shape index (κ1) is 18.9. The highest BCUT2D eigenvalue weighted by atomic mass is 32.1. The number of hydrogen-bond donors (Lipinski definition) is 1. The van der Waals surface area contributed by atoms with Gasteiger partial charge in [-0.3, -0.25) is 4.90 Å². The Balaban J connectivity index is 1.44. The highest BCUT2D eigenvalue weighted by Gasteiger charge is 2.44. The van der Waals surface area contributed by atoms with Gasteiger partial charge in [-0.25, -0.2) is 4.98 Å². The minimum absolute atomic E-state index is 0.0462. The zero-order chi connectivity index (χ0) is 19.1. The smallest absolute Gasteiger partial charge is 0.393 e. The van der Waals surface area contributed by atoms with E-state index in [1.165, 1.54) is 23.5 Å². The Bertz CT molecular complexity index is 789. The number of likely N-dealkylation sites (tertiary alicyclic amines) is 1. The number of rotatable bonds is 3. The maximum Gasteiger partial charge on any atom is 0.416 e. The van der Waals surface area contributed by atoms with Crippen LogP contribution in [0.5, 0.6) is 0 Å². The van der Waals surface area contributed by atoms with E-state index in [0.29, 0.717) is 5.56 Å². The van der Waals surface area contributed by atoms with Crippen LogP contribution in [0.25, 0.3) is 10.6 Å². The van der Waals surface area contributed by atoms with Gasteiger partial charge in [0.1, 0.15) is 5.01 Å². The molecule has 0 unspecified atom stereocenters. The van der Waals surface area contributed by atoms with E-state index in [-0.39, 0.29) is 11.5 Å². The molecule has 4 rings (SSSR count). The number of nitrogens with zero attached hydrogens (tertiary/aromatic N) is 2. The average molecular weight is 396 g/mol. The van der Waals surface area contributed by atoms with Gasteiger partial charge in [0, 0.05) is 29.4 Å². The van der Waals surface area contributed by atoms with Gasteiger partial charge < -0.3 is 5.11 Å². The highest BCUT2D eigenvalue weighted by molar-refractivity contribution is 7.13. The van der Waals surface area contributed by atoms with Crippen LogP contribution in [-0.2, 0) is 12.7 Å². The second-order valence-corrected chi connectivity index (χ2v) is 8.66. The summed E-state index contributed by atoms with van der Waals surface area (Å²) in [5, 5.41) is 13.1. The van der Waals surface area contributed by atoms with Gasteiger partial charge in [-0.2, -0.15) is 13.2 Å². The van der Waals surface area contributed by atoms with Crippen LogP contribution in [0, 0.1) is 5.41 Å². The monoisotopic (exact) mass is 396 g/mol. The molecule has 2 atom stereocenters. The molecule has 2 fully saturated rings. The first-order valence-electron chi connectivity index (χ1n) is 9.38. The van der Waals surface area contributed by atoms with E-state index >= 15 is 0 Å². The zero-order valence-electron chi connectivity index (χ0n) is 15.0. The van der Waals surface area contributed by atoms with Gasteiger partial charge in [0.2, 0.25) is 0 Å². The van der Waals surface area contributed by atoms with Crippen molar-refractivity contribution in [1.29, 1.82) is 0 Å². The van der Waals surface area contributed by atoms with Gasteiger partial charge in [0.05, 0.1) is 17.4 Å². The van der Waals surface area contributed by atoms with Crippen molar-refractivity contribution >= 4 is 11.3 Å². The van der Waals surface area contributed by atoms with Crippen LogP contribution in [0.15, 0.2) is 29.6 Å². The maximum atomic E-state index is 12.7. The molecule has 1 aliphatic heterocycles.